The summed E-state index contributed by atoms with van der Waals surface area (Å²) in [5.74, 6) is -3.17. The van der Waals surface area contributed by atoms with Crippen LogP contribution in [-0.4, -0.2) is 22.4 Å². The molecule has 3 rings (SSSR count). The smallest absolute Gasteiger partial charge is 0.322 e. The monoisotopic (exact) mass is 404 g/mol. The normalized spacial score (nSPS) is 11.4. The number of hydrogen-bond acceptors (Lipinski definition) is 2. The number of aromatic nitrogens is 1. The van der Waals surface area contributed by atoms with E-state index in [1.807, 2.05) is 0 Å². The lowest BCUT2D eigenvalue weighted by Gasteiger charge is -2.12. The van der Waals surface area contributed by atoms with Crippen LogP contribution in [-0.2, 0) is 0 Å². The van der Waals surface area contributed by atoms with Gasteiger partial charge in [-0.2, -0.15) is 13.2 Å². The van der Waals surface area contributed by atoms with Gasteiger partial charge in [-0.15, -0.1) is 0 Å². The molecule has 0 aliphatic carbocycles. The minimum Gasteiger partial charge on any atom is -0.322 e. The maximum absolute atomic E-state index is 13.7. The Kier molecular flexibility index (Phi) is 5.28. The van der Waals surface area contributed by atoms with Crippen LogP contribution in [0.2, 0.25) is 0 Å². The minimum atomic E-state index is -4.95. The van der Waals surface area contributed by atoms with E-state index in [0.717, 1.165) is 0 Å². The summed E-state index contributed by atoms with van der Waals surface area (Å²) < 4.78 is 53.5. The Balaban J connectivity index is 1.86. The van der Waals surface area contributed by atoms with E-state index >= 15 is 0 Å². The van der Waals surface area contributed by atoms with E-state index in [1.54, 1.807) is 25.1 Å². The largest absolute Gasteiger partial charge is 0.454 e. The van der Waals surface area contributed by atoms with Crippen LogP contribution in [0.4, 0.5) is 23.2 Å². The van der Waals surface area contributed by atoms with Crippen molar-refractivity contribution in [1.82, 2.24) is 4.57 Å². The summed E-state index contributed by atoms with van der Waals surface area (Å²) in [6.07, 6.45) is -4.95. The third-order valence-electron chi connectivity index (χ3n) is 4.44. The summed E-state index contributed by atoms with van der Waals surface area (Å²) in [5.41, 5.74) is 1.00. The highest BCUT2D eigenvalue weighted by molar-refractivity contribution is 6.04. The highest BCUT2D eigenvalue weighted by Gasteiger charge is 2.41. The standard InChI is InChI=1S/C21H16F4N2O2/c1-12-11-17(19(28)21(23,24)25)13(2)27(12)15-9-7-14(8-10-15)26-20(29)16-5-3-4-6-18(16)22/h3-11H,1-2H3,(H,26,29). The zero-order chi connectivity index (χ0) is 21.3. The molecule has 2 aromatic carbocycles. The van der Waals surface area contributed by atoms with Crippen LogP contribution in [0.5, 0.6) is 0 Å². The predicted molar refractivity (Wildman–Crippen MR) is 100.0 cm³/mol. The summed E-state index contributed by atoms with van der Waals surface area (Å²) in [6.45, 7) is 3.02. The van der Waals surface area contributed by atoms with Gasteiger partial charge in [-0.3, -0.25) is 9.59 Å². The summed E-state index contributed by atoms with van der Waals surface area (Å²) in [4.78, 5) is 23.8. The Labute approximate surface area is 163 Å². The van der Waals surface area contributed by atoms with E-state index in [4.69, 9.17) is 0 Å². The maximum Gasteiger partial charge on any atom is 0.454 e. The molecule has 29 heavy (non-hydrogen) atoms. The minimum absolute atomic E-state index is 0.107. The van der Waals surface area contributed by atoms with E-state index in [2.05, 4.69) is 5.32 Å². The second kappa shape index (κ2) is 7.54. The number of hydrogen-bond donors (Lipinski definition) is 1. The van der Waals surface area contributed by atoms with Gasteiger partial charge in [0.2, 0.25) is 0 Å². The molecule has 0 aliphatic heterocycles. The highest BCUT2D eigenvalue weighted by atomic mass is 19.4. The third-order valence-corrected chi connectivity index (χ3v) is 4.44. The number of alkyl halides is 3. The van der Waals surface area contributed by atoms with Crippen molar-refractivity contribution >= 4 is 17.4 Å². The highest BCUT2D eigenvalue weighted by Crippen LogP contribution is 2.28. The summed E-state index contributed by atoms with van der Waals surface area (Å²) in [7, 11) is 0. The molecule has 0 spiro atoms. The van der Waals surface area contributed by atoms with Crippen molar-refractivity contribution in [3.05, 3.63) is 82.9 Å². The number of amides is 1. The zero-order valence-corrected chi connectivity index (χ0v) is 15.5. The molecule has 0 radical (unpaired) electrons. The number of benzene rings is 2. The number of anilines is 1. The van der Waals surface area contributed by atoms with Gasteiger partial charge in [-0.25, -0.2) is 4.39 Å². The van der Waals surface area contributed by atoms with Gasteiger partial charge < -0.3 is 9.88 Å². The molecular formula is C21H16F4N2O2. The van der Waals surface area contributed by atoms with E-state index < -0.39 is 29.2 Å². The van der Waals surface area contributed by atoms with Crippen molar-refractivity contribution in [2.24, 2.45) is 0 Å². The predicted octanol–water partition coefficient (Wildman–Crippen LogP) is 5.23. The lowest BCUT2D eigenvalue weighted by atomic mass is 10.1. The Morgan fingerprint density at radius 1 is 0.931 bits per heavy atom. The molecule has 0 aliphatic rings. The number of halogens is 4. The number of aryl methyl sites for hydroxylation is 1. The first-order valence-corrected chi connectivity index (χ1v) is 8.56. The van der Waals surface area contributed by atoms with E-state index in [1.165, 1.54) is 47.9 Å². The molecule has 1 N–H and O–H groups in total. The van der Waals surface area contributed by atoms with E-state index in [-0.39, 0.29) is 11.3 Å². The van der Waals surface area contributed by atoms with Crippen LogP contribution in [0, 0.1) is 19.7 Å². The zero-order valence-electron chi connectivity index (χ0n) is 15.5. The molecule has 0 saturated heterocycles. The van der Waals surface area contributed by atoms with Gasteiger partial charge in [0.05, 0.1) is 5.56 Å². The molecule has 1 heterocycles. The molecule has 0 unspecified atom stereocenters. The second-order valence-corrected chi connectivity index (χ2v) is 6.43. The molecule has 0 atom stereocenters. The van der Waals surface area contributed by atoms with Crippen molar-refractivity contribution < 1.29 is 27.2 Å². The quantitative estimate of drug-likeness (QED) is 0.478. The molecular weight excluding hydrogens is 388 g/mol. The fourth-order valence-electron chi connectivity index (χ4n) is 3.08. The molecule has 1 amide bonds. The van der Waals surface area contributed by atoms with Crippen LogP contribution >= 0.6 is 0 Å². The molecule has 0 fully saturated rings. The first-order chi connectivity index (χ1) is 13.6. The van der Waals surface area contributed by atoms with Crippen molar-refractivity contribution in [2.75, 3.05) is 5.32 Å². The van der Waals surface area contributed by atoms with Crippen molar-refractivity contribution in [1.29, 1.82) is 0 Å². The molecule has 1 aromatic heterocycles. The number of Topliss-reactive ketones (excluding diaryl/α,β-unsaturated/α-hetero) is 1. The Hall–Kier alpha value is -3.42. The van der Waals surface area contributed by atoms with Gasteiger partial charge in [-0.1, -0.05) is 12.1 Å². The van der Waals surface area contributed by atoms with Crippen LogP contribution in [0.3, 0.4) is 0 Å². The molecule has 8 heteroatoms. The number of ketones is 1. The average Bonchev–Trinajstić information content (AvgIpc) is 2.95. The number of nitrogens with one attached hydrogen (secondary N) is 1. The first kappa shape index (κ1) is 20.3. The van der Waals surface area contributed by atoms with Gasteiger partial charge in [-0.05, 0) is 56.3 Å². The van der Waals surface area contributed by atoms with Gasteiger partial charge >= 0.3 is 6.18 Å². The topological polar surface area (TPSA) is 51.1 Å². The molecule has 0 bridgehead atoms. The fourth-order valence-corrected chi connectivity index (χ4v) is 3.08. The molecule has 150 valence electrons. The van der Waals surface area contributed by atoms with Crippen LogP contribution in [0.15, 0.2) is 54.6 Å². The number of carbonyl (C=O) groups excluding carboxylic acids is 2. The molecule has 4 nitrogen and oxygen atoms in total. The van der Waals surface area contributed by atoms with Crippen LogP contribution in [0.25, 0.3) is 5.69 Å². The van der Waals surface area contributed by atoms with E-state index in [9.17, 15) is 27.2 Å². The summed E-state index contributed by atoms with van der Waals surface area (Å²) >= 11 is 0. The lowest BCUT2D eigenvalue weighted by molar-refractivity contribution is -0.0885. The van der Waals surface area contributed by atoms with Crippen LogP contribution < -0.4 is 5.32 Å². The van der Waals surface area contributed by atoms with Gasteiger partial charge in [0.15, 0.2) is 0 Å². The van der Waals surface area contributed by atoms with Crippen molar-refractivity contribution in [3.8, 4) is 5.69 Å². The molecule has 3 aromatic rings. The summed E-state index contributed by atoms with van der Waals surface area (Å²) in [6, 6.07) is 13.0. The lowest BCUT2D eigenvalue weighted by Crippen LogP contribution is -2.23. The van der Waals surface area contributed by atoms with E-state index in [0.29, 0.717) is 17.1 Å². The first-order valence-electron chi connectivity index (χ1n) is 8.56. The average molecular weight is 404 g/mol. The second-order valence-electron chi connectivity index (χ2n) is 6.43. The molecule has 0 saturated carbocycles. The van der Waals surface area contributed by atoms with Gasteiger partial charge in [0, 0.05) is 28.3 Å². The SMILES string of the molecule is Cc1cc(C(=O)C(F)(F)F)c(C)n1-c1ccc(NC(=O)c2ccccc2F)cc1. The Morgan fingerprint density at radius 3 is 2.14 bits per heavy atom. The van der Waals surface area contributed by atoms with Crippen LogP contribution in [0.1, 0.15) is 32.1 Å². The van der Waals surface area contributed by atoms with Gasteiger partial charge in [0.1, 0.15) is 5.82 Å². The maximum atomic E-state index is 13.7. The van der Waals surface area contributed by atoms with Crippen molar-refractivity contribution in [2.45, 2.75) is 20.0 Å². The fraction of sp³-hybridized carbons (Fsp3) is 0.143. The summed E-state index contributed by atoms with van der Waals surface area (Å²) in [5, 5.41) is 2.56. The number of rotatable bonds is 4. The van der Waals surface area contributed by atoms with Crippen molar-refractivity contribution in [3.63, 3.8) is 0 Å². The third kappa shape index (κ3) is 4.06. The van der Waals surface area contributed by atoms with Gasteiger partial charge in [0.25, 0.3) is 11.7 Å². The number of carbonyl (C=O) groups is 2. The Morgan fingerprint density at radius 2 is 1.55 bits per heavy atom. The Bertz CT molecular complexity index is 1080. The number of nitrogens with zero attached hydrogens (tertiary/aromatic N) is 1.